The molecule has 0 radical (unpaired) electrons. The summed E-state index contributed by atoms with van der Waals surface area (Å²) in [5.41, 5.74) is -0.0301. The molecule has 5 rings (SSSR count). The van der Waals surface area contributed by atoms with Crippen LogP contribution < -0.4 is 0 Å². The SMILES string of the molecule is CC[C@H]1[C@@H](O)[C@H]2C3CC[C@H]([C@H](C)CCC4=NCN=N4)[C@@]3(C)[C@@H](O)CC2[C@@]2(C)CC[C@@H](O)C[C@@H]12. The average Bonchev–Trinajstić information content (AvgIpc) is 3.43. The summed E-state index contributed by atoms with van der Waals surface area (Å²) in [7, 11) is 0. The van der Waals surface area contributed by atoms with Crippen LogP contribution >= 0.6 is 0 Å². The highest BCUT2D eigenvalue weighted by Crippen LogP contribution is 2.69. The van der Waals surface area contributed by atoms with Gasteiger partial charge in [-0.15, -0.1) is 5.11 Å². The Kier molecular flexibility index (Phi) is 6.27. The van der Waals surface area contributed by atoms with E-state index in [0.29, 0.717) is 36.3 Å². The molecular formula is C27H45N3O3. The largest absolute Gasteiger partial charge is 0.393 e. The molecule has 0 saturated heterocycles. The molecule has 0 spiro atoms. The number of aliphatic hydroxyl groups excluding tert-OH is 3. The van der Waals surface area contributed by atoms with Gasteiger partial charge >= 0.3 is 0 Å². The minimum atomic E-state index is -0.322. The van der Waals surface area contributed by atoms with Crippen molar-refractivity contribution in [2.45, 2.75) is 104 Å². The van der Waals surface area contributed by atoms with Gasteiger partial charge in [0.15, 0.2) is 6.67 Å². The molecule has 0 amide bonds. The zero-order valence-electron chi connectivity index (χ0n) is 21.0. The molecule has 4 saturated carbocycles. The van der Waals surface area contributed by atoms with Crippen molar-refractivity contribution in [1.29, 1.82) is 0 Å². The molecular weight excluding hydrogens is 414 g/mol. The van der Waals surface area contributed by atoms with Crippen molar-refractivity contribution in [3.63, 3.8) is 0 Å². The van der Waals surface area contributed by atoms with Crippen LogP contribution in [0.15, 0.2) is 15.2 Å². The van der Waals surface area contributed by atoms with Gasteiger partial charge in [0.1, 0.15) is 5.84 Å². The maximum absolute atomic E-state index is 11.8. The molecule has 3 N–H and O–H groups in total. The molecule has 5 aliphatic rings. The summed E-state index contributed by atoms with van der Waals surface area (Å²) in [6.45, 7) is 9.80. The van der Waals surface area contributed by atoms with E-state index in [0.717, 1.165) is 63.6 Å². The fraction of sp³-hybridized carbons (Fsp3) is 0.963. The average molecular weight is 460 g/mol. The Balaban J connectivity index is 1.42. The zero-order valence-corrected chi connectivity index (χ0v) is 21.0. The second-order valence-corrected chi connectivity index (χ2v) is 12.7. The lowest BCUT2D eigenvalue weighted by molar-refractivity contribution is -0.228. The van der Waals surface area contributed by atoms with Gasteiger partial charge in [0.25, 0.3) is 0 Å². The first-order chi connectivity index (χ1) is 15.7. The van der Waals surface area contributed by atoms with Gasteiger partial charge in [0.05, 0.1) is 18.3 Å². The van der Waals surface area contributed by atoms with E-state index >= 15 is 0 Å². The van der Waals surface area contributed by atoms with Gasteiger partial charge in [-0.1, -0.05) is 34.1 Å². The van der Waals surface area contributed by atoms with E-state index in [1.165, 1.54) is 0 Å². The molecule has 1 aliphatic heterocycles. The summed E-state index contributed by atoms with van der Waals surface area (Å²) >= 11 is 0. The van der Waals surface area contributed by atoms with Crippen molar-refractivity contribution < 1.29 is 15.3 Å². The van der Waals surface area contributed by atoms with E-state index in [4.69, 9.17) is 0 Å². The van der Waals surface area contributed by atoms with E-state index < -0.39 is 0 Å². The number of hydrogen-bond donors (Lipinski definition) is 3. The number of aliphatic imine (C=N–C) groups is 1. The van der Waals surface area contributed by atoms with Gasteiger partial charge in [-0.3, -0.25) is 0 Å². The predicted molar refractivity (Wildman–Crippen MR) is 129 cm³/mol. The summed E-state index contributed by atoms with van der Waals surface area (Å²) in [6.07, 6.45) is 7.75. The molecule has 4 aliphatic carbocycles. The number of aliphatic hydroxyl groups is 3. The molecule has 186 valence electrons. The molecule has 0 aromatic carbocycles. The monoisotopic (exact) mass is 459 g/mol. The van der Waals surface area contributed by atoms with Crippen molar-refractivity contribution in [2.24, 2.45) is 67.5 Å². The summed E-state index contributed by atoms with van der Waals surface area (Å²) in [5, 5.41) is 42.2. The normalized spacial score (nSPS) is 52.1. The number of fused-ring (bicyclic) bond motifs is 5. The topological polar surface area (TPSA) is 97.8 Å². The van der Waals surface area contributed by atoms with E-state index in [-0.39, 0.29) is 41.0 Å². The Morgan fingerprint density at radius 3 is 2.52 bits per heavy atom. The highest BCUT2D eigenvalue weighted by atomic mass is 16.3. The maximum atomic E-state index is 11.8. The predicted octanol–water partition coefficient (Wildman–Crippen LogP) is 4.82. The summed E-state index contributed by atoms with van der Waals surface area (Å²) in [6, 6.07) is 0. The number of nitrogens with zero attached hydrogens (tertiary/aromatic N) is 3. The Morgan fingerprint density at radius 2 is 1.82 bits per heavy atom. The Hall–Kier alpha value is -0.850. The molecule has 33 heavy (non-hydrogen) atoms. The Bertz CT molecular complexity index is 801. The standard InChI is InChI=1S/C27H45N3O3/c1-5-17-20-12-16(31)10-11-26(20,3)21-13-22(32)27(4)18(7-8-19(27)24(21)25(17)33)15(2)6-9-23-28-14-29-30-23/h15-22,24-25,31-33H,5-14H2,1-4H3/t15-,16-,17-,18-,19?,20+,21?,22+,24+,25-,26+,27-/m1/s1. The minimum absolute atomic E-state index is 0.113. The van der Waals surface area contributed by atoms with Gasteiger partial charge in [0.2, 0.25) is 0 Å². The third kappa shape index (κ3) is 3.57. The van der Waals surface area contributed by atoms with Crippen molar-refractivity contribution in [2.75, 3.05) is 6.67 Å². The third-order valence-electron chi connectivity index (χ3n) is 11.6. The highest BCUT2D eigenvalue weighted by molar-refractivity contribution is 5.83. The molecule has 4 fully saturated rings. The molecule has 0 bridgehead atoms. The highest BCUT2D eigenvalue weighted by Gasteiger charge is 2.67. The van der Waals surface area contributed by atoms with Crippen LogP contribution in [0, 0.1) is 52.3 Å². The van der Waals surface area contributed by atoms with E-state index in [9.17, 15) is 15.3 Å². The fourth-order valence-corrected chi connectivity index (χ4v) is 9.83. The molecule has 6 nitrogen and oxygen atoms in total. The molecule has 1 heterocycles. The first-order valence-corrected chi connectivity index (χ1v) is 13.7. The van der Waals surface area contributed by atoms with E-state index in [1.54, 1.807) is 0 Å². The zero-order chi connectivity index (χ0) is 23.5. The molecule has 0 aromatic heterocycles. The molecule has 12 atom stereocenters. The van der Waals surface area contributed by atoms with E-state index in [2.05, 4.69) is 42.9 Å². The van der Waals surface area contributed by atoms with Gasteiger partial charge < -0.3 is 15.3 Å². The molecule has 6 heteroatoms. The van der Waals surface area contributed by atoms with Gasteiger partial charge in [-0.05, 0) is 97.2 Å². The lowest BCUT2D eigenvalue weighted by Gasteiger charge is -2.65. The van der Waals surface area contributed by atoms with Crippen molar-refractivity contribution in [1.82, 2.24) is 0 Å². The van der Waals surface area contributed by atoms with E-state index in [1.807, 2.05) is 0 Å². The first-order valence-electron chi connectivity index (χ1n) is 13.7. The lowest BCUT2D eigenvalue weighted by Crippen LogP contribution is -2.65. The second kappa shape index (κ2) is 8.67. The van der Waals surface area contributed by atoms with Gasteiger partial charge in [-0.25, -0.2) is 4.99 Å². The second-order valence-electron chi connectivity index (χ2n) is 12.7. The van der Waals surface area contributed by atoms with Crippen molar-refractivity contribution >= 4 is 5.84 Å². The third-order valence-corrected chi connectivity index (χ3v) is 11.6. The first kappa shape index (κ1) is 23.9. The summed E-state index contributed by atoms with van der Waals surface area (Å²) in [4.78, 5) is 4.36. The van der Waals surface area contributed by atoms with Crippen LogP contribution in [-0.4, -0.2) is 46.1 Å². The number of azo groups is 1. The van der Waals surface area contributed by atoms with Crippen LogP contribution in [-0.2, 0) is 0 Å². The van der Waals surface area contributed by atoms with Crippen molar-refractivity contribution in [3.05, 3.63) is 0 Å². The lowest BCUT2D eigenvalue weighted by atomic mass is 9.41. The van der Waals surface area contributed by atoms with Crippen LogP contribution in [0.5, 0.6) is 0 Å². The van der Waals surface area contributed by atoms with Crippen LogP contribution in [0.1, 0.15) is 85.5 Å². The molecule has 0 aromatic rings. The summed E-state index contributed by atoms with van der Waals surface area (Å²) in [5.74, 6) is 3.43. The quantitative estimate of drug-likeness (QED) is 0.550. The number of amidine groups is 1. The molecule has 2 unspecified atom stereocenters. The Labute approximate surface area is 199 Å². The fourth-order valence-electron chi connectivity index (χ4n) is 9.83. The smallest absolute Gasteiger partial charge is 0.152 e. The maximum Gasteiger partial charge on any atom is 0.152 e. The van der Waals surface area contributed by atoms with Crippen LogP contribution in [0.4, 0.5) is 0 Å². The van der Waals surface area contributed by atoms with Gasteiger partial charge in [0, 0.05) is 6.42 Å². The van der Waals surface area contributed by atoms with Crippen LogP contribution in [0.3, 0.4) is 0 Å². The Morgan fingerprint density at radius 1 is 1.03 bits per heavy atom. The van der Waals surface area contributed by atoms with Crippen molar-refractivity contribution in [3.8, 4) is 0 Å². The number of rotatable bonds is 5. The van der Waals surface area contributed by atoms with Crippen LogP contribution in [0.2, 0.25) is 0 Å². The minimum Gasteiger partial charge on any atom is -0.393 e. The van der Waals surface area contributed by atoms with Crippen LogP contribution in [0.25, 0.3) is 0 Å². The summed E-state index contributed by atoms with van der Waals surface area (Å²) < 4.78 is 0. The number of hydrogen-bond acceptors (Lipinski definition) is 6. The van der Waals surface area contributed by atoms with Gasteiger partial charge in [-0.2, -0.15) is 5.11 Å².